The second kappa shape index (κ2) is 5.91. The lowest BCUT2D eigenvalue weighted by atomic mass is 10.3. The molecule has 104 valence electrons. The van der Waals surface area contributed by atoms with E-state index in [0.717, 1.165) is 5.69 Å². The minimum Gasteiger partial charge on any atom is -0.496 e. The van der Waals surface area contributed by atoms with Gasteiger partial charge in [0.05, 0.1) is 7.11 Å². The molecule has 1 aliphatic carbocycles. The Kier molecular flexibility index (Phi) is 4.24. The van der Waals surface area contributed by atoms with Crippen LogP contribution in [0, 0.1) is 12.8 Å². The summed E-state index contributed by atoms with van der Waals surface area (Å²) in [6.45, 7) is 2.83. The molecule has 1 fully saturated rings. The Hall–Kier alpha value is -1.78. The van der Waals surface area contributed by atoms with Crippen molar-refractivity contribution >= 4 is 5.91 Å². The van der Waals surface area contributed by atoms with Crippen LogP contribution in [0.4, 0.5) is 0 Å². The first-order chi connectivity index (χ1) is 9.10. The molecule has 1 N–H and O–H groups in total. The van der Waals surface area contributed by atoms with Gasteiger partial charge in [0.2, 0.25) is 5.91 Å². The smallest absolute Gasteiger partial charge is 0.254 e. The summed E-state index contributed by atoms with van der Waals surface area (Å²) in [6.07, 6.45) is 2.96. The molecule has 0 unspecified atom stereocenters. The molecule has 5 nitrogen and oxygen atoms in total. The Morgan fingerprint density at radius 3 is 2.79 bits per heavy atom. The van der Waals surface area contributed by atoms with Gasteiger partial charge < -0.3 is 14.6 Å². The van der Waals surface area contributed by atoms with E-state index in [2.05, 4.69) is 5.32 Å². The largest absolute Gasteiger partial charge is 0.496 e. The van der Waals surface area contributed by atoms with E-state index in [9.17, 15) is 9.59 Å². The first-order valence-corrected chi connectivity index (χ1v) is 6.62. The van der Waals surface area contributed by atoms with Gasteiger partial charge in [-0.05, 0) is 31.7 Å². The minimum atomic E-state index is -0.103. The summed E-state index contributed by atoms with van der Waals surface area (Å²) in [7, 11) is 1.54. The van der Waals surface area contributed by atoms with Gasteiger partial charge in [0.1, 0.15) is 5.75 Å². The fourth-order valence-electron chi connectivity index (χ4n) is 2.07. The van der Waals surface area contributed by atoms with E-state index >= 15 is 0 Å². The molecule has 0 spiro atoms. The lowest BCUT2D eigenvalue weighted by Crippen LogP contribution is -2.31. The summed E-state index contributed by atoms with van der Waals surface area (Å²) in [5.41, 5.74) is 0.731. The van der Waals surface area contributed by atoms with Gasteiger partial charge in [-0.15, -0.1) is 0 Å². The number of carbonyl (C=O) groups excluding carboxylic acids is 1. The summed E-state index contributed by atoms with van der Waals surface area (Å²) in [5.74, 6) is 1.24. The van der Waals surface area contributed by atoms with E-state index in [1.165, 1.54) is 26.0 Å². The average molecular weight is 264 g/mol. The van der Waals surface area contributed by atoms with E-state index in [1.54, 1.807) is 4.57 Å². The van der Waals surface area contributed by atoms with Crippen LogP contribution in [0.3, 0.4) is 0 Å². The number of methoxy groups -OCH3 is 1. The third-order valence-corrected chi connectivity index (χ3v) is 3.37. The molecular weight excluding hydrogens is 244 g/mol. The summed E-state index contributed by atoms with van der Waals surface area (Å²) in [6, 6.07) is 3.27. The number of carbonyl (C=O) groups is 1. The van der Waals surface area contributed by atoms with Crippen LogP contribution in [0.15, 0.2) is 16.9 Å². The Bertz CT molecular complexity index is 518. The van der Waals surface area contributed by atoms with Gasteiger partial charge in [-0.3, -0.25) is 9.59 Å². The molecule has 0 saturated heterocycles. The van der Waals surface area contributed by atoms with Crippen molar-refractivity contribution in [3.63, 3.8) is 0 Å². The molecule has 2 rings (SSSR count). The number of ether oxygens (including phenoxy) is 1. The van der Waals surface area contributed by atoms with Gasteiger partial charge in [-0.2, -0.15) is 0 Å². The van der Waals surface area contributed by atoms with Crippen LogP contribution >= 0.6 is 0 Å². The van der Waals surface area contributed by atoms with Crippen LogP contribution in [0.25, 0.3) is 0 Å². The predicted octanol–water partition coefficient (Wildman–Crippen LogP) is 1.08. The number of rotatable bonds is 6. The van der Waals surface area contributed by atoms with Crippen molar-refractivity contribution in [3.05, 3.63) is 28.2 Å². The number of amides is 1. The highest BCUT2D eigenvalue weighted by molar-refractivity contribution is 5.76. The normalized spacial score (nSPS) is 14.2. The molecule has 1 aliphatic rings. The topological polar surface area (TPSA) is 60.3 Å². The quantitative estimate of drug-likeness (QED) is 0.836. The van der Waals surface area contributed by atoms with Crippen molar-refractivity contribution in [1.29, 1.82) is 0 Å². The molecule has 19 heavy (non-hydrogen) atoms. The Morgan fingerprint density at radius 2 is 2.21 bits per heavy atom. The summed E-state index contributed by atoms with van der Waals surface area (Å²) >= 11 is 0. The van der Waals surface area contributed by atoms with Crippen molar-refractivity contribution in [2.75, 3.05) is 13.7 Å². The number of hydrogen-bond donors (Lipinski definition) is 1. The monoisotopic (exact) mass is 264 g/mol. The number of aromatic nitrogens is 1. The van der Waals surface area contributed by atoms with Crippen LogP contribution in [0.1, 0.15) is 25.0 Å². The molecule has 1 aromatic heterocycles. The van der Waals surface area contributed by atoms with E-state index in [-0.39, 0.29) is 11.5 Å². The van der Waals surface area contributed by atoms with Crippen LogP contribution in [-0.4, -0.2) is 24.1 Å². The van der Waals surface area contributed by atoms with Crippen molar-refractivity contribution in [3.8, 4) is 5.75 Å². The first-order valence-electron chi connectivity index (χ1n) is 6.62. The van der Waals surface area contributed by atoms with E-state index in [0.29, 0.717) is 31.2 Å². The number of pyridine rings is 1. The number of nitrogens with one attached hydrogen (secondary N) is 1. The third-order valence-electron chi connectivity index (χ3n) is 3.37. The zero-order valence-electron chi connectivity index (χ0n) is 11.4. The highest BCUT2D eigenvalue weighted by atomic mass is 16.5. The highest BCUT2D eigenvalue weighted by Crippen LogP contribution is 2.31. The van der Waals surface area contributed by atoms with Crippen molar-refractivity contribution < 1.29 is 9.53 Å². The van der Waals surface area contributed by atoms with Crippen LogP contribution in [0.2, 0.25) is 0 Å². The lowest BCUT2D eigenvalue weighted by molar-refractivity contribution is -0.121. The van der Waals surface area contributed by atoms with Gasteiger partial charge >= 0.3 is 0 Å². The van der Waals surface area contributed by atoms with Gasteiger partial charge in [-0.1, -0.05) is 0 Å². The standard InChI is InChI=1S/C14H20N2O3/c1-10-7-12(19-2)9-14(18)16(10)6-5-15-13(17)8-11-3-4-11/h7,9,11H,3-6,8H2,1-2H3,(H,15,17). The maximum atomic E-state index is 11.9. The molecule has 0 bridgehead atoms. The number of nitrogens with zero attached hydrogens (tertiary/aromatic N) is 1. The number of aryl methyl sites for hydroxylation is 1. The maximum Gasteiger partial charge on any atom is 0.254 e. The fraction of sp³-hybridized carbons (Fsp3) is 0.571. The maximum absolute atomic E-state index is 11.9. The van der Waals surface area contributed by atoms with E-state index in [1.807, 2.05) is 13.0 Å². The SMILES string of the molecule is COc1cc(C)n(CCNC(=O)CC2CC2)c(=O)c1. The second-order valence-electron chi connectivity index (χ2n) is 5.02. The molecule has 1 saturated carbocycles. The number of hydrogen-bond acceptors (Lipinski definition) is 3. The average Bonchev–Trinajstić information content (AvgIpc) is 3.16. The zero-order valence-corrected chi connectivity index (χ0v) is 11.4. The van der Waals surface area contributed by atoms with Crippen LogP contribution in [0.5, 0.6) is 5.75 Å². The van der Waals surface area contributed by atoms with Gasteiger partial charge in [0.15, 0.2) is 0 Å². The van der Waals surface area contributed by atoms with Crippen molar-refractivity contribution in [2.24, 2.45) is 5.92 Å². The molecule has 1 heterocycles. The van der Waals surface area contributed by atoms with Crippen LogP contribution < -0.4 is 15.6 Å². The minimum absolute atomic E-state index is 0.0849. The molecule has 0 aromatic carbocycles. The lowest BCUT2D eigenvalue weighted by Gasteiger charge is -2.11. The molecule has 0 radical (unpaired) electrons. The second-order valence-corrected chi connectivity index (χ2v) is 5.02. The fourth-order valence-corrected chi connectivity index (χ4v) is 2.07. The first kappa shape index (κ1) is 13.6. The summed E-state index contributed by atoms with van der Waals surface area (Å²) in [4.78, 5) is 23.4. The summed E-state index contributed by atoms with van der Waals surface area (Å²) in [5, 5.41) is 2.86. The van der Waals surface area contributed by atoms with Gasteiger partial charge in [0.25, 0.3) is 5.56 Å². The highest BCUT2D eigenvalue weighted by Gasteiger charge is 2.23. The Balaban J connectivity index is 1.88. The molecule has 5 heteroatoms. The van der Waals surface area contributed by atoms with E-state index < -0.39 is 0 Å². The summed E-state index contributed by atoms with van der Waals surface area (Å²) < 4.78 is 6.68. The third kappa shape index (κ3) is 3.84. The van der Waals surface area contributed by atoms with Crippen molar-refractivity contribution in [1.82, 2.24) is 9.88 Å². The molecule has 1 amide bonds. The zero-order chi connectivity index (χ0) is 13.8. The van der Waals surface area contributed by atoms with Crippen molar-refractivity contribution in [2.45, 2.75) is 32.7 Å². The molecular formula is C14H20N2O3. The molecule has 0 aliphatic heterocycles. The predicted molar refractivity (Wildman–Crippen MR) is 72.3 cm³/mol. The Morgan fingerprint density at radius 1 is 1.47 bits per heavy atom. The Labute approximate surface area is 112 Å². The van der Waals surface area contributed by atoms with Crippen LogP contribution in [-0.2, 0) is 11.3 Å². The van der Waals surface area contributed by atoms with E-state index in [4.69, 9.17) is 4.74 Å². The molecule has 0 atom stereocenters. The van der Waals surface area contributed by atoms with Gasteiger partial charge in [0, 0.05) is 31.3 Å². The van der Waals surface area contributed by atoms with Gasteiger partial charge in [-0.25, -0.2) is 0 Å². The molecule has 1 aromatic rings.